The number of para-hydroxylation sites is 1. The molecule has 0 aromatic heterocycles. The summed E-state index contributed by atoms with van der Waals surface area (Å²) in [5, 5.41) is 3.28. The van der Waals surface area contributed by atoms with Gasteiger partial charge in [-0.15, -0.1) is 24.8 Å². The molecule has 0 unspecified atom stereocenters. The van der Waals surface area contributed by atoms with Crippen LogP contribution in [0.5, 0.6) is 0 Å². The van der Waals surface area contributed by atoms with Crippen molar-refractivity contribution >= 4 is 41.9 Å². The van der Waals surface area contributed by atoms with Gasteiger partial charge in [0.25, 0.3) is 0 Å². The number of anilines is 3. The van der Waals surface area contributed by atoms with E-state index >= 15 is 0 Å². The molecule has 2 rings (SSSR count). The fourth-order valence-electron chi connectivity index (χ4n) is 1.25. The fraction of sp³-hybridized carbons (Fsp3) is 0. The molecule has 0 aliphatic rings. The van der Waals surface area contributed by atoms with Crippen molar-refractivity contribution in [3.05, 3.63) is 54.6 Å². The predicted octanol–water partition coefficient (Wildman–Crippen LogP) is 3.86. The van der Waals surface area contributed by atoms with Crippen molar-refractivity contribution in [1.82, 2.24) is 0 Å². The van der Waals surface area contributed by atoms with Crippen LogP contribution in [-0.2, 0) is 0 Å². The number of nitrogen functional groups attached to an aromatic ring is 1. The van der Waals surface area contributed by atoms with E-state index in [1.165, 1.54) is 0 Å². The average molecular weight is 257 g/mol. The van der Waals surface area contributed by atoms with E-state index in [-0.39, 0.29) is 24.8 Å². The Kier molecular flexibility index (Phi) is 6.38. The fourth-order valence-corrected chi connectivity index (χ4v) is 1.25. The van der Waals surface area contributed by atoms with E-state index in [4.69, 9.17) is 5.73 Å². The number of rotatable bonds is 2. The van der Waals surface area contributed by atoms with E-state index in [9.17, 15) is 0 Å². The Bertz CT molecular complexity index is 401. The molecule has 0 heterocycles. The topological polar surface area (TPSA) is 38.0 Å². The van der Waals surface area contributed by atoms with Crippen molar-refractivity contribution in [3.8, 4) is 0 Å². The second-order valence-electron chi connectivity index (χ2n) is 3.11. The molecule has 0 aliphatic heterocycles. The van der Waals surface area contributed by atoms with Crippen LogP contribution in [0.3, 0.4) is 0 Å². The Morgan fingerprint density at radius 1 is 0.688 bits per heavy atom. The molecule has 0 aliphatic carbocycles. The first-order valence-corrected chi connectivity index (χ1v) is 4.52. The van der Waals surface area contributed by atoms with Gasteiger partial charge in [0, 0.05) is 17.1 Å². The summed E-state index contributed by atoms with van der Waals surface area (Å²) in [6.07, 6.45) is 0. The molecule has 0 saturated heterocycles. The third-order valence-electron chi connectivity index (χ3n) is 1.97. The van der Waals surface area contributed by atoms with Crippen LogP contribution in [0.15, 0.2) is 54.6 Å². The highest BCUT2D eigenvalue weighted by Crippen LogP contribution is 2.16. The van der Waals surface area contributed by atoms with E-state index in [1.807, 2.05) is 54.6 Å². The van der Waals surface area contributed by atoms with Crippen molar-refractivity contribution in [2.24, 2.45) is 0 Å². The summed E-state index contributed by atoms with van der Waals surface area (Å²) in [7, 11) is 0. The third-order valence-corrected chi connectivity index (χ3v) is 1.97. The third kappa shape index (κ3) is 4.01. The Morgan fingerprint density at radius 2 is 1.19 bits per heavy atom. The standard InChI is InChI=1S/C12H12N2.2ClH/c13-10-6-8-12(9-7-10)14-11-4-2-1-3-5-11;;/h1-9,14H,13H2;2*1H. The van der Waals surface area contributed by atoms with Gasteiger partial charge in [0.05, 0.1) is 0 Å². The van der Waals surface area contributed by atoms with Crippen molar-refractivity contribution in [2.75, 3.05) is 11.1 Å². The molecule has 2 aromatic carbocycles. The SMILES string of the molecule is Cl.Cl.Nc1ccc(Nc2ccccc2)cc1. The van der Waals surface area contributed by atoms with Gasteiger partial charge >= 0.3 is 0 Å². The summed E-state index contributed by atoms with van der Waals surface area (Å²) < 4.78 is 0. The average Bonchev–Trinajstić information content (AvgIpc) is 2.23. The quantitative estimate of drug-likeness (QED) is 0.802. The summed E-state index contributed by atoms with van der Waals surface area (Å²) in [6.45, 7) is 0. The largest absolute Gasteiger partial charge is 0.399 e. The monoisotopic (exact) mass is 256 g/mol. The van der Waals surface area contributed by atoms with Crippen LogP contribution in [0.1, 0.15) is 0 Å². The molecule has 2 aromatic rings. The highest BCUT2D eigenvalue weighted by molar-refractivity contribution is 5.85. The smallest absolute Gasteiger partial charge is 0.0385 e. The lowest BCUT2D eigenvalue weighted by molar-refractivity contribution is 1.55. The van der Waals surface area contributed by atoms with Gasteiger partial charge < -0.3 is 11.1 Å². The van der Waals surface area contributed by atoms with Gasteiger partial charge in [0.2, 0.25) is 0 Å². The van der Waals surface area contributed by atoms with Gasteiger partial charge in [-0.1, -0.05) is 18.2 Å². The van der Waals surface area contributed by atoms with Crippen LogP contribution in [0.2, 0.25) is 0 Å². The Hall–Kier alpha value is -1.38. The van der Waals surface area contributed by atoms with E-state index in [0.717, 1.165) is 17.1 Å². The molecule has 0 atom stereocenters. The van der Waals surface area contributed by atoms with Gasteiger partial charge in [-0.05, 0) is 36.4 Å². The molecule has 0 radical (unpaired) electrons. The second-order valence-corrected chi connectivity index (χ2v) is 3.11. The zero-order valence-electron chi connectivity index (χ0n) is 8.59. The van der Waals surface area contributed by atoms with E-state index in [0.29, 0.717) is 0 Å². The highest BCUT2D eigenvalue weighted by atomic mass is 35.5. The summed E-state index contributed by atoms with van der Waals surface area (Å²) in [5.74, 6) is 0. The summed E-state index contributed by atoms with van der Waals surface area (Å²) in [6, 6.07) is 17.7. The zero-order valence-corrected chi connectivity index (χ0v) is 10.2. The number of hydrogen-bond acceptors (Lipinski definition) is 2. The minimum absolute atomic E-state index is 0. The molecular weight excluding hydrogens is 243 g/mol. The van der Waals surface area contributed by atoms with E-state index in [2.05, 4.69) is 5.32 Å². The zero-order chi connectivity index (χ0) is 9.80. The molecule has 0 spiro atoms. The van der Waals surface area contributed by atoms with Gasteiger partial charge in [0.1, 0.15) is 0 Å². The van der Waals surface area contributed by atoms with Crippen LogP contribution in [0, 0.1) is 0 Å². The number of benzene rings is 2. The molecule has 4 heteroatoms. The van der Waals surface area contributed by atoms with Crippen molar-refractivity contribution < 1.29 is 0 Å². The van der Waals surface area contributed by atoms with Gasteiger partial charge in [-0.25, -0.2) is 0 Å². The van der Waals surface area contributed by atoms with Crippen molar-refractivity contribution in [2.45, 2.75) is 0 Å². The first-order valence-electron chi connectivity index (χ1n) is 4.52. The maximum Gasteiger partial charge on any atom is 0.0385 e. The normalized spacial score (nSPS) is 8.50. The Morgan fingerprint density at radius 3 is 1.75 bits per heavy atom. The number of halogens is 2. The van der Waals surface area contributed by atoms with Crippen LogP contribution >= 0.6 is 24.8 Å². The summed E-state index contributed by atoms with van der Waals surface area (Å²) in [5.41, 5.74) is 8.50. The minimum atomic E-state index is 0. The molecule has 86 valence electrons. The lowest BCUT2D eigenvalue weighted by Crippen LogP contribution is -1.90. The number of hydrogen-bond donors (Lipinski definition) is 2. The predicted molar refractivity (Wildman–Crippen MR) is 75.1 cm³/mol. The molecule has 0 bridgehead atoms. The Balaban J connectivity index is 0.00000112. The van der Waals surface area contributed by atoms with Crippen LogP contribution < -0.4 is 11.1 Å². The Labute approximate surface area is 108 Å². The highest BCUT2D eigenvalue weighted by Gasteiger charge is 1.92. The van der Waals surface area contributed by atoms with Crippen molar-refractivity contribution in [1.29, 1.82) is 0 Å². The van der Waals surface area contributed by atoms with Crippen LogP contribution in [0.25, 0.3) is 0 Å². The lowest BCUT2D eigenvalue weighted by atomic mass is 10.2. The maximum absolute atomic E-state index is 5.59. The van der Waals surface area contributed by atoms with Crippen LogP contribution in [-0.4, -0.2) is 0 Å². The molecular formula is C12H14Cl2N2. The molecule has 16 heavy (non-hydrogen) atoms. The van der Waals surface area contributed by atoms with E-state index in [1.54, 1.807) is 0 Å². The van der Waals surface area contributed by atoms with Crippen LogP contribution in [0.4, 0.5) is 17.1 Å². The molecule has 3 N–H and O–H groups in total. The van der Waals surface area contributed by atoms with Crippen molar-refractivity contribution in [3.63, 3.8) is 0 Å². The van der Waals surface area contributed by atoms with Gasteiger partial charge in [0.15, 0.2) is 0 Å². The summed E-state index contributed by atoms with van der Waals surface area (Å²) in [4.78, 5) is 0. The molecule has 0 saturated carbocycles. The molecule has 0 amide bonds. The van der Waals surface area contributed by atoms with Gasteiger partial charge in [-0.2, -0.15) is 0 Å². The number of nitrogens with two attached hydrogens (primary N) is 1. The molecule has 2 nitrogen and oxygen atoms in total. The first kappa shape index (κ1) is 14.6. The first-order chi connectivity index (χ1) is 6.84. The van der Waals surface area contributed by atoms with E-state index < -0.39 is 0 Å². The van der Waals surface area contributed by atoms with Gasteiger partial charge in [-0.3, -0.25) is 0 Å². The minimum Gasteiger partial charge on any atom is -0.399 e. The lowest BCUT2D eigenvalue weighted by Gasteiger charge is -2.05. The second kappa shape index (κ2) is 6.99. The maximum atomic E-state index is 5.59. The number of nitrogens with one attached hydrogen (secondary N) is 1. The molecule has 0 fully saturated rings. The summed E-state index contributed by atoms with van der Waals surface area (Å²) >= 11 is 0.